The quantitative estimate of drug-likeness (QED) is 0.508. The first-order valence-electron chi connectivity index (χ1n) is 9.51. The first-order valence-corrected chi connectivity index (χ1v) is 11.4. The number of thioether (sulfide) groups is 1. The first kappa shape index (κ1) is 19.6. The highest BCUT2D eigenvalue weighted by Gasteiger charge is 2.21. The van der Waals surface area contributed by atoms with Gasteiger partial charge in [0.1, 0.15) is 5.03 Å². The van der Waals surface area contributed by atoms with Gasteiger partial charge < -0.3 is 4.90 Å². The molecule has 142 valence electrons. The van der Waals surface area contributed by atoms with Crippen LogP contribution in [0.25, 0.3) is 0 Å². The molecule has 26 heavy (non-hydrogen) atoms. The molecular formula is C19H28N4OS2. The molecule has 2 aromatic rings. The summed E-state index contributed by atoms with van der Waals surface area (Å²) in [5.74, 6) is 0.784. The number of nitrogens with zero attached hydrogens (tertiary/aromatic N) is 4. The largest absolute Gasteiger partial charge is 0.348 e. The molecule has 0 fully saturated rings. The average molecular weight is 393 g/mol. The fourth-order valence-corrected chi connectivity index (χ4v) is 5.18. The molecule has 0 amide bonds. The van der Waals surface area contributed by atoms with E-state index in [1.54, 1.807) is 23.1 Å². The highest BCUT2D eigenvalue weighted by molar-refractivity contribution is 7.98. The molecule has 0 saturated heterocycles. The fourth-order valence-electron chi connectivity index (χ4n) is 3.50. The van der Waals surface area contributed by atoms with Gasteiger partial charge >= 0.3 is 5.69 Å². The Labute approximate surface area is 163 Å². The van der Waals surface area contributed by atoms with Gasteiger partial charge in [0, 0.05) is 35.5 Å². The van der Waals surface area contributed by atoms with Crippen LogP contribution in [0.5, 0.6) is 0 Å². The molecule has 0 spiro atoms. The van der Waals surface area contributed by atoms with E-state index in [0.29, 0.717) is 0 Å². The second kappa shape index (κ2) is 9.15. The van der Waals surface area contributed by atoms with Crippen molar-refractivity contribution in [3.05, 3.63) is 37.8 Å². The maximum Gasteiger partial charge on any atom is 0.348 e. The molecule has 1 aliphatic carbocycles. The predicted octanol–water partition coefficient (Wildman–Crippen LogP) is 3.52. The maximum absolute atomic E-state index is 12.7. The lowest BCUT2D eigenvalue weighted by Crippen LogP contribution is -2.35. The van der Waals surface area contributed by atoms with Crippen molar-refractivity contribution in [2.24, 2.45) is 0 Å². The van der Waals surface area contributed by atoms with E-state index in [2.05, 4.69) is 34.1 Å². The van der Waals surface area contributed by atoms with Crippen LogP contribution < -0.4 is 5.69 Å². The molecule has 2 aromatic heterocycles. The summed E-state index contributed by atoms with van der Waals surface area (Å²) in [5.41, 5.74) is 3.51. The van der Waals surface area contributed by atoms with Gasteiger partial charge in [0.25, 0.3) is 0 Å². The van der Waals surface area contributed by atoms with E-state index in [0.717, 1.165) is 66.9 Å². The van der Waals surface area contributed by atoms with Crippen LogP contribution in [-0.2, 0) is 25.1 Å². The van der Waals surface area contributed by atoms with Crippen molar-refractivity contribution >= 4 is 23.1 Å². The molecule has 0 bridgehead atoms. The summed E-state index contributed by atoms with van der Waals surface area (Å²) < 4.78 is 1.93. The Kier molecular flexibility index (Phi) is 6.89. The van der Waals surface area contributed by atoms with Gasteiger partial charge in [-0.1, -0.05) is 25.6 Å². The summed E-state index contributed by atoms with van der Waals surface area (Å²) in [6.07, 6.45) is 4.38. The van der Waals surface area contributed by atoms with Gasteiger partial charge in [-0.3, -0.25) is 4.57 Å². The number of aryl methyl sites for hydroxylation is 1. The zero-order chi connectivity index (χ0) is 18.5. The van der Waals surface area contributed by atoms with Crippen molar-refractivity contribution in [3.63, 3.8) is 0 Å². The van der Waals surface area contributed by atoms with Crippen LogP contribution >= 0.6 is 23.1 Å². The van der Waals surface area contributed by atoms with Gasteiger partial charge in [0.15, 0.2) is 0 Å². The molecule has 2 heterocycles. The average Bonchev–Trinajstić information content (AvgIpc) is 3.07. The van der Waals surface area contributed by atoms with Gasteiger partial charge in [-0.15, -0.1) is 11.3 Å². The van der Waals surface area contributed by atoms with Crippen LogP contribution in [0.4, 0.5) is 0 Å². The number of rotatable bonds is 8. The Bertz CT molecular complexity index is 795. The molecule has 0 aliphatic heterocycles. The van der Waals surface area contributed by atoms with E-state index in [9.17, 15) is 4.79 Å². The van der Waals surface area contributed by atoms with Crippen LogP contribution in [0.3, 0.4) is 0 Å². The zero-order valence-corrected chi connectivity index (χ0v) is 17.6. The highest BCUT2D eigenvalue weighted by Crippen LogP contribution is 2.30. The van der Waals surface area contributed by atoms with Crippen molar-refractivity contribution in [1.29, 1.82) is 0 Å². The Balaban J connectivity index is 1.83. The number of likely N-dealkylation sites (N-methyl/N-ethyl adjacent to an activating group) is 1. The number of fused-ring (bicyclic) bond motifs is 1. The van der Waals surface area contributed by atoms with Gasteiger partial charge in [-0.25, -0.2) is 9.78 Å². The SMILES string of the molecule is CCN(CC)CCn1c2c(c(SCc3csc(C)n3)nc1=O)CCCC2. The van der Waals surface area contributed by atoms with Crippen LogP contribution in [0.15, 0.2) is 15.2 Å². The lowest BCUT2D eigenvalue weighted by atomic mass is 9.97. The third-order valence-electron chi connectivity index (χ3n) is 5.01. The molecule has 0 unspecified atom stereocenters. The fraction of sp³-hybridized carbons (Fsp3) is 0.632. The normalized spacial score (nSPS) is 14.0. The predicted molar refractivity (Wildman–Crippen MR) is 109 cm³/mol. The minimum atomic E-state index is -0.0882. The first-order chi connectivity index (χ1) is 12.6. The molecule has 0 radical (unpaired) electrons. The standard InChI is InChI=1S/C19H28N4OS2/c1-4-22(5-2)10-11-23-17-9-7-6-8-16(17)18(21-19(23)24)26-13-15-12-25-14(3)20-15/h12H,4-11,13H2,1-3H3. The second-order valence-corrected chi connectivity index (χ2v) is 8.68. The lowest BCUT2D eigenvalue weighted by molar-refractivity contribution is 0.285. The summed E-state index contributed by atoms with van der Waals surface area (Å²) in [6, 6.07) is 0. The van der Waals surface area contributed by atoms with Crippen molar-refractivity contribution in [2.75, 3.05) is 19.6 Å². The number of hydrogen-bond donors (Lipinski definition) is 0. The van der Waals surface area contributed by atoms with Gasteiger partial charge in [-0.2, -0.15) is 4.98 Å². The van der Waals surface area contributed by atoms with Crippen LogP contribution in [0.1, 0.15) is 48.6 Å². The zero-order valence-electron chi connectivity index (χ0n) is 16.0. The molecule has 3 rings (SSSR count). The van der Waals surface area contributed by atoms with Gasteiger partial charge in [0.2, 0.25) is 0 Å². The third kappa shape index (κ3) is 4.56. The lowest BCUT2D eigenvalue weighted by Gasteiger charge is -2.24. The number of aromatic nitrogens is 3. The van der Waals surface area contributed by atoms with E-state index in [1.165, 1.54) is 17.7 Å². The van der Waals surface area contributed by atoms with E-state index in [-0.39, 0.29) is 5.69 Å². The molecule has 0 saturated carbocycles. The van der Waals surface area contributed by atoms with Crippen molar-refractivity contribution in [2.45, 2.75) is 63.8 Å². The molecule has 0 N–H and O–H groups in total. The van der Waals surface area contributed by atoms with E-state index in [1.807, 2.05) is 11.5 Å². The molecule has 5 nitrogen and oxygen atoms in total. The smallest absolute Gasteiger partial charge is 0.302 e. The van der Waals surface area contributed by atoms with Gasteiger partial charge in [-0.05, 0) is 45.7 Å². The van der Waals surface area contributed by atoms with Crippen molar-refractivity contribution in [3.8, 4) is 0 Å². The van der Waals surface area contributed by atoms with E-state index < -0.39 is 0 Å². The second-order valence-electron chi connectivity index (χ2n) is 6.66. The minimum Gasteiger partial charge on any atom is -0.302 e. The maximum atomic E-state index is 12.7. The Morgan fingerprint density at radius 2 is 2.00 bits per heavy atom. The molecule has 0 aromatic carbocycles. The summed E-state index contributed by atoms with van der Waals surface area (Å²) in [5, 5.41) is 4.11. The molecule has 1 aliphatic rings. The van der Waals surface area contributed by atoms with Crippen LogP contribution in [-0.4, -0.2) is 39.1 Å². The number of thiazole rings is 1. The van der Waals surface area contributed by atoms with E-state index >= 15 is 0 Å². The molecule has 7 heteroatoms. The van der Waals surface area contributed by atoms with E-state index in [4.69, 9.17) is 0 Å². The minimum absolute atomic E-state index is 0.0882. The Morgan fingerprint density at radius 3 is 2.69 bits per heavy atom. The Hall–Kier alpha value is -1.18. The summed E-state index contributed by atoms with van der Waals surface area (Å²) in [6.45, 7) is 10.0. The Morgan fingerprint density at radius 1 is 1.23 bits per heavy atom. The van der Waals surface area contributed by atoms with Crippen LogP contribution in [0.2, 0.25) is 0 Å². The highest BCUT2D eigenvalue weighted by atomic mass is 32.2. The topological polar surface area (TPSA) is 51.0 Å². The summed E-state index contributed by atoms with van der Waals surface area (Å²) in [4.78, 5) is 24.1. The monoisotopic (exact) mass is 392 g/mol. The third-order valence-corrected chi connectivity index (χ3v) is 6.88. The van der Waals surface area contributed by atoms with Crippen LogP contribution in [0, 0.1) is 6.92 Å². The summed E-state index contributed by atoms with van der Waals surface area (Å²) in [7, 11) is 0. The molecule has 0 atom stereocenters. The molecular weight excluding hydrogens is 364 g/mol. The van der Waals surface area contributed by atoms with Crippen molar-refractivity contribution < 1.29 is 0 Å². The summed E-state index contributed by atoms with van der Waals surface area (Å²) >= 11 is 3.34. The number of hydrogen-bond acceptors (Lipinski definition) is 6. The van der Waals surface area contributed by atoms with Crippen molar-refractivity contribution in [1.82, 2.24) is 19.4 Å². The van der Waals surface area contributed by atoms with Gasteiger partial charge in [0.05, 0.1) is 10.7 Å².